The number of halogens is 8. The highest BCUT2D eigenvalue weighted by atomic mass is 19.4. The third-order valence-electron chi connectivity index (χ3n) is 0.684. The van der Waals surface area contributed by atoms with Crippen molar-refractivity contribution in [1.29, 1.82) is 0 Å². The van der Waals surface area contributed by atoms with E-state index in [1.165, 1.54) is 0 Å². The first-order valence-electron chi connectivity index (χ1n) is 2.72. The Bertz CT molecular complexity index is 187. The number of allylic oxidation sites excluding steroid dienone is 1. The van der Waals surface area contributed by atoms with Crippen LogP contribution in [-0.2, 0) is 0 Å². The quantitative estimate of drug-likeness (QED) is 0.433. The van der Waals surface area contributed by atoms with Crippen molar-refractivity contribution < 1.29 is 35.1 Å². The molecule has 0 aliphatic rings. The predicted octanol–water partition coefficient (Wildman–Crippen LogP) is 4.06. The molecule has 0 rings (SSSR count). The molecule has 0 N–H and O–H groups in total. The van der Waals surface area contributed by atoms with E-state index in [-0.39, 0.29) is 0 Å². The lowest BCUT2D eigenvalue weighted by Gasteiger charge is -2.12. The Hall–Kier alpha value is -1.08. The molecule has 0 aromatic carbocycles. The van der Waals surface area contributed by atoms with Crippen LogP contribution >= 0.6 is 0 Å². The van der Waals surface area contributed by atoms with E-state index in [1.807, 2.05) is 6.58 Å². The summed E-state index contributed by atoms with van der Waals surface area (Å²) in [6, 6.07) is 0. The van der Waals surface area contributed by atoms with Gasteiger partial charge in [0.2, 0.25) is 0 Å². The van der Waals surface area contributed by atoms with Gasteiger partial charge in [0.05, 0.1) is 0 Å². The van der Waals surface area contributed by atoms with Crippen LogP contribution in [0.15, 0.2) is 24.8 Å². The summed E-state index contributed by atoms with van der Waals surface area (Å²) in [6.45, 7) is 4.07. The van der Waals surface area contributed by atoms with E-state index in [0.29, 0.717) is 0 Å². The molecule has 0 aromatic heterocycles. The van der Waals surface area contributed by atoms with Gasteiger partial charge in [-0.1, -0.05) is 6.58 Å². The van der Waals surface area contributed by atoms with Gasteiger partial charge < -0.3 is 0 Å². The monoisotopic (exact) mass is 228 g/mol. The minimum atomic E-state index is -5.38. The normalized spacial score (nSPS) is 11.4. The summed E-state index contributed by atoms with van der Waals surface area (Å²) in [6.07, 6.45) is -12.6. The van der Waals surface area contributed by atoms with Gasteiger partial charge in [0.15, 0.2) is 0 Å². The van der Waals surface area contributed by atoms with Crippen LogP contribution in [0.25, 0.3) is 0 Å². The topological polar surface area (TPSA) is 0 Å². The van der Waals surface area contributed by atoms with Crippen LogP contribution in [0.5, 0.6) is 0 Å². The number of hydrogen-bond donors (Lipinski definition) is 0. The zero-order valence-electron chi connectivity index (χ0n) is 6.44. The minimum Gasteiger partial charge on any atom is -0.174 e. The van der Waals surface area contributed by atoms with Crippen LogP contribution in [0.3, 0.4) is 0 Å². The van der Waals surface area contributed by atoms with Crippen LogP contribution in [0.4, 0.5) is 35.1 Å². The molecule has 0 saturated carbocycles. The lowest BCUT2D eigenvalue weighted by molar-refractivity contribution is -0.171. The molecule has 0 radical (unpaired) electrons. The first-order valence-corrected chi connectivity index (χ1v) is 2.72. The van der Waals surface area contributed by atoms with Gasteiger partial charge in [-0.15, -0.1) is 0 Å². The van der Waals surface area contributed by atoms with E-state index in [4.69, 9.17) is 0 Å². The molecular formula is C6H4F8. The first-order chi connectivity index (χ1) is 5.89. The van der Waals surface area contributed by atoms with Crippen molar-refractivity contribution >= 4 is 0 Å². The van der Waals surface area contributed by atoms with Crippen molar-refractivity contribution in [2.24, 2.45) is 0 Å². The van der Waals surface area contributed by atoms with Crippen molar-refractivity contribution in [2.45, 2.75) is 12.4 Å². The van der Waals surface area contributed by atoms with E-state index in [2.05, 4.69) is 6.58 Å². The molecule has 0 aromatic rings. The summed E-state index contributed by atoms with van der Waals surface area (Å²) in [7, 11) is 0. The minimum absolute atomic E-state index is 1.83. The highest BCUT2D eigenvalue weighted by Crippen LogP contribution is 2.36. The van der Waals surface area contributed by atoms with Gasteiger partial charge in [-0.3, -0.25) is 0 Å². The molecule has 0 bridgehead atoms. The maximum Gasteiger partial charge on any atom is 0.420 e. The fraction of sp³-hybridized carbons (Fsp3) is 0.333. The molecule has 8 heteroatoms. The van der Waals surface area contributed by atoms with Gasteiger partial charge in [0, 0.05) is 0 Å². The highest BCUT2D eigenvalue weighted by molar-refractivity contribution is 5.09. The molecular weight excluding hydrogens is 224 g/mol. The molecule has 0 saturated heterocycles. The van der Waals surface area contributed by atoms with Gasteiger partial charge >= 0.3 is 12.4 Å². The van der Waals surface area contributed by atoms with Crippen LogP contribution < -0.4 is 0 Å². The molecule has 0 atom stereocenters. The molecule has 0 nitrogen and oxygen atoms in total. The Morgan fingerprint density at radius 3 is 0.857 bits per heavy atom. The molecule has 0 spiro atoms. The van der Waals surface area contributed by atoms with Crippen molar-refractivity contribution in [2.75, 3.05) is 0 Å². The molecule has 0 fully saturated rings. The standard InChI is InChI=1S/C4H2F6.C2H2F2/c1-2(3(5,6)7)4(8,9)10;1-2(3)4/h1H2;1H2. The molecule has 0 heterocycles. The third kappa shape index (κ3) is 9.01. The Labute approximate surface area is 73.5 Å². The lowest BCUT2D eigenvalue weighted by Crippen LogP contribution is -2.24. The summed E-state index contributed by atoms with van der Waals surface area (Å²) in [5.41, 5.74) is -2.68. The Morgan fingerprint density at radius 2 is 0.857 bits per heavy atom. The number of rotatable bonds is 0. The predicted molar refractivity (Wildman–Crippen MR) is 32.6 cm³/mol. The van der Waals surface area contributed by atoms with Gasteiger partial charge in [0.1, 0.15) is 5.57 Å². The Morgan fingerprint density at radius 1 is 0.714 bits per heavy atom. The van der Waals surface area contributed by atoms with E-state index in [9.17, 15) is 35.1 Å². The third-order valence-corrected chi connectivity index (χ3v) is 0.684. The van der Waals surface area contributed by atoms with Crippen molar-refractivity contribution in [1.82, 2.24) is 0 Å². The maximum absolute atomic E-state index is 11.1. The lowest BCUT2D eigenvalue weighted by atomic mass is 10.3. The van der Waals surface area contributed by atoms with Crippen molar-refractivity contribution in [3.05, 3.63) is 24.8 Å². The molecule has 0 unspecified atom stereocenters. The van der Waals surface area contributed by atoms with E-state index >= 15 is 0 Å². The summed E-state index contributed by atoms with van der Waals surface area (Å²) in [5.74, 6) is 0. The molecule has 0 amide bonds. The highest BCUT2D eigenvalue weighted by Gasteiger charge is 2.49. The van der Waals surface area contributed by atoms with Crippen molar-refractivity contribution in [3.8, 4) is 0 Å². The van der Waals surface area contributed by atoms with Crippen LogP contribution in [0, 0.1) is 0 Å². The second-order valence-electron chi connectivity index (χ2n) is 1.81. The second kappa shape index (κ2) is 4.97. The molecule has 14 heavy (non-hydrogen) atoms. The first kappa shape index (κ1) is 15.4. The smallest absolute Gasteiger partial charge is 0.174 e. The van der Waals surface area contributed by atoms with Gasteiger partial charge in [-0.05, 0) is 6.58 Å². The van der Waals surface area contributed by atoms with Crippen LogP contribution in [-0.4, -0.2) is 12.4 Å². The maximum atomic E-state index is 11.1. The summed E-state index contributed by atoms with van der Waals surface area (Å²) in [5, 5.41) is 0. The zero-order chi connectivity index (χ0) is 12.2. The summed E-state index contributed by atoms with van der Waals surface area (Å²) >= 11 is 0. The van der Waals surface area contributed by atoms with E-state index < -0.39 is 24.0 Å². The molecule has 0 aliphatic heterocycles. The average molecular weight is 228 g/mol. The van der Waals surface area contributed by atoms with Gasteiger partial charge in [0.25, 0.3) is 6.08 Å². The van der Waals surface area contributed by atoms with Gasteiger partial charge in [-0.2, -0.15) is 35.1 Å². The molecule has 84 valence electrons. The molecule has 0 aliphatic carbocycles. The Balaban J connectivity index is 0. The fourth-order valence-corrected chi connectivity index (χ4v) is 0.161. The van der Waals surface area contributed by atoms with Crippen molar-refractivity contribution in [3.63, 3.8) is 0 Å². The second-order valence-corrected chi connectivity index (χ2v) is 1.81. The fourth-order valence-electron chi connectivity index (χ4n) is 0.161. The summed E-state index contributed by atoms with van der Waals surface area (Å²) < 4.78 is 87.0. The Kier molecular flexibility index (Phi) is 5.46. The van der Waals surface area contributed by atoms with Crippen LogP contribution in [0.1, 0.15) is 0 Å². The largest absolute Gasteiger partial charge is 0.420 e. The zero-order valence-corrected chi connectivity index (χ0v) is 6.44. The number of hydrogen-bond acceptors (Lipinski definition) is 0. The van der Waals surface area contributed by atoms with E-state index in [0.717, 1.165) is 0 Å². The SMILES string of the molecule is C=C(C(F)(F)F)C(F)(F)F.C=C(F)F. The average Bonchev–Trinajstić information content (AvgIpc) is 1.80. The summed E-state index contributed by atoms with van der Waals surface area (Å²) in [4.78, 5) is 0. The number of alkyl halides is 6. The van der Waals surface area contributed by atoms with Gasteiger partial charge in [-0.25, -0.2) is 0 Å². The van der Waals surface area contributed by atoms with Crippen LogP contribution in [0.2, 0.25) is 0 Å². The van der Waals surface area contributed by atoms with E-state index in [1.54, 1.807) is 0 Å².